The standard InChI is InChI=1S/C20H14ClN3O2S2/c21-15-6-7-17-14(10-15)9-13(11-26-17)5-8-19(25)23-16-3-1-2-4-18(16)28-20-24-22-12-27-20/h1-10,12H,11H2,(H,23,25)/b8-5+. The SMILES string of the molecule is O=C(/C=C/C1=Cc2cc(Cl)ccc2OC1)Nc1ccccc1Sc1nncs1. The third-order valence-corrected chi connectivity index (χ3v) is 5.93. The zero-order valence-electron chi connectivity index (χ0n) is 14.5. The minimum Gasteiger partial charge on any atom is -0.488 e. The molecule has 8 heteroatoms. The largest absolute Gasteiger partial charge is 0.488 e. The maximum atomic E-state index is 12.4. The molecule has 1 amide bonds. The lowest BCUT2D eigenvalue weighted by Crippen LogP contribution is -2.10. The lowest BCUT2D eigenvalue weighted by atomic mass is 10.1. The van der Waals surface area contributed by atoms with Crippen molar-refractivity contribution in [1.29, 1.82) is 0 Å². The van der Waals surface area contributed by atoms with Crippen LogP contribution in [-0.2, 0) is 4.79 Å². The number of benzene rings is 2. The number of ether oxygens (including phenoxy) is 1. The molecule has 1 aliphatic rings. The van der Waals surface area contributed by atoms with Gasteiger partial charge in [0.1, 0.15) is 17.9 Å². The van der Waals surface area contributed by atoms with E-state index in [-0.39, 0.29) is 5.91 Å². The maximum Gasteiger partial charge on any atom is 0.248 e. The number of carbonyl (C=O) groups excluding carboxylic acids is 1. The van der Waals surface area contributed by atoms with Gasteiger partial charge in [0.25, 0.3) is 0 Å². The van der Waals surface area contributed by atoms with Crippen molar-refractivity contribution in [1.82, 2.24) is 10.2 Å². The Hall–Kier alpha value is -2.61. The van der Waals surface area contributed by atoms with Gasteiger partial charge in [0, 0.05) is 21.6 Å². The van der Waals surface area contributed by atoms with E-state index in [4.69, 9.17) is 16.3 Å². The number of amides is 1. The molecule has 0 saturated carbocycles. The molecular formula is C20H14ClN3O2S2. The van der Waals surface area contributed by atoms with E-state index in [0.29, 0.717) is 11.6 Å². The quantitative estimate of drug-likeness (QED) is 0.559. The molecule has 1 N–H and O–H groups in total. The van der Waals surface area contributed by atoms with Gasteiger partial charge in [0.15, 0.2) is 4.34 Å². The highest BCUT2D eigenvalue weighted by Crippen LogP contribution is 2.34. The van der Waals surface area contributed by atoms with Gasteiger partial charge in [0.05, 0.1) is 5.69 Å². The summed E-state index contributed by atoms with van der Waals surface area (Å²) in [5.41, 5.74) is 4.19. The second-order valence-corrected chi connectivity index (χ2v) is 8.37. The van der Waals surface area contributed by atoms with Crippen molar-refractivity contribution in [2.45, 2.75) is 9.24 Å². The number of anilines is 1. The van der Waals surface area contributed by atoms with E-state index < -0.39 is 0 Å². The molecular weight excluding hydrogens is 414 g/mol. The molecule has 140 valence electrons. The maximum absolute atomic E-state index is 12.4. The van der Waals surface area contributed by atoms with E-state index in [0.717, 1.165) is 31.8 Å². The molecule has 1 aromatic heterocycles. The van der Waals surface area contributed by atoms with Gasteiger partial charge in [-0.3, -0.25) is 4.79 Å². The predicted molar refractivity (Wildman–Crippen MR) is 113 cm³/mol. The Morgan fingerprint density at radius 3 is 3.04 bits per heavy atom. The first kappa shape index (κ1) is 18.7. The summed E-state index contributed by atoms with van der Waals surface area (Å²) in [5, 5.41) is 11.4. The van der Waals surface area contributed by atoms with Crippen molar-refractivity contribution < 1.29 is 9.53 Å². The third kappa shape index (κ3) is 4.62. The number of nitrogens with zero attached hydrogens (tertiary/aromatic N) is 2. The molecule has 0 radical (unpaired) electrons. The number of aromatic nitrogens is 2. The average molecular weight is 428 g/mol. The summed E-state index contributed by atoms with van der Waals surface area (Å²) >= 11 is 8.95. The number of halogens is 1. The molecule has 4 rings (SSSR count). The van der Waals surface area contributed by atoms with Gasteiger partial charge in [-0.2, -0.15) is 0 Å². The molecule has 3 aromatic rings. The van der Waals surface area contributed by atoms with Crippen LogP contribution in [0.5, 0.6) is 5.75 Å². The van der Waals surface area contributed by atoms with Gasteiger partial charge in [-0.1, -0.05) is 52.9 Å². The zero-order chi connectivity index (χ0) is 19.3. The Morgan fingerprint density at radius 2 is 2.18 bits per heavy atom. The van der Waals surface area contributed by atoms with Crippen LogP contribution < -0.4 is 10.1 Å². The number of rotatable bonds is 5. The average Bonchev–Trinajstić information content (AvgIpc) is 3.20. The number of nitrogens with one attached hydrogen (secondary N) is 1. The molecule has 28 heavy (non-hydrogen) atoms. The van der Waals surface area contributed by atoms with Crippen LogP contribution in [0.2, 0.25) is 5.02 Å². The summed E-state index contributed by atoms with van der Waals surface area (Å²) in [6.45, 7) is 0.405. The highest BCUT2D eigenvalue weighted by Gasteiger charge is 2.11. The van der Waals surface area contributed by atoms with Crippen molar-refractivity contribution in [2.24, 2.45) is 0 Å². The first-order valence-corrected chi connectivity index (χ1v) is 10.4. The van der Waals surface area contributed by atoms with Gasteiger partial charge in [-0.25, -0.2) is 0 Å². The van der Waals surface area contributed by atoms with E-state index in [1.54, 1.807) is 17.7 Å². The Kier molecular flexibility index (Phi) is 5.76. The molecule has 0 fully saturated rings. The zero-order valence-corrected chi connectivity index (χ0v) is 16.9. The van der Waals surface area contributed by atoms with Crippen LogP contribution in [0, 0.1) is 0 Å². The number of hydrogen-bond donors (Lipinski definition) is 1. The Bertz CT molecular complexity index is 1070. The molecule has 1 aliphatic heterocycles. The Labute approximate surface area is 175 Å². The van der Waals surface area contributed by atoms with Gasteiger partial charge in [-0.05, 0) is 42.0 Å². The molecule has 0 bridgehead atoms. The Morgan fingerprint density at radius 1 is 1.29 bits per heavy atom. The van der Waals surface area contributed by atoms with E-state index in [1.165, 1.54) is 29.2 Å². The van der Waals surface area contributed by atoms with Gasteiger partial charge >= 0.3 is 0 Å². The van der Waals surface area contributed by atoms with Crippen LogP contribution in [0.4, 0.5) is 5.69 Å². The van der Waals surface area contributed by atoms with Crippen molar-refractivity contribution >= 4 is 52.4 Å². The summed E-state index contributed by atoms with van der Waals surface area (Å²) in [5.74, 6) is 0.566. The fourth-order valence-corrected chi connectivity index (χ4v) is 4.28. The van der Waals surface area contributed by atoms with Crippen LogP contribution in [0.25, 0.3) is 6.08 Å². The van der Waals surface area contributed by atoms with Crippen LogP contribution >= 0.6 is 34.7 Å². The first-order chi connectivity index (χ1) is 13.7. The van der Waals surface area contributed by atoms with Crippen molar-refractivity contribution in [3.05, 3.63) is 76.3 Å². The van der Waals surface area contributed by atoms with Crippen LogP contribution in [0.1, 0.15) is 5.56 Å². The van der Waals surface area contributed by atoms with Crippen molar-refractivity contribution in [3.8, 4) is 5.75 Å². The molecule has 0 saturated heterocycles. The number of fused-ring (bicyclic) bond motifs is 1. The summed E-state index contributed by atoms with van der Waals surface area (Å²) < 4.78 is 6.51. The Balaban J connectivity index is 1.45. The highest BCUT2D eigenvalue weighted by atomic mass is 35.5. The van der Waals surface area contributed by atoms with Gasteiger partial charge in [0.2, 0.25) is 5.91 Å². The van der Waals surface area contributed by atoms with Crippen LogP contribution in [0.15, 0.2) is 74.9 Å². The number of hydrogen-bond acceptors (Lipinski definition) is 6. The number of para-hydroxylation sites is 1. The van der Waals surface area contributed by atoms with Crippen LogP contribution in [0.3, 0.4) is 0 Å². The summed E-state index contributed by atoms with van der Waals surface area (Å²) in [7, 11) is 0. The number of carbonyl (C=O) groups is 1. The highest BCUT2D eigenvalue weighted by molar-refractivity contribution is 8.01. The summed E-state index contributed by atoms with van der Waals surface area (Å²) in [6.07, 6.45) is 5.21. The normalized spacial score (nSPS) is 13.0. The molecule has 0 aliphatic carbocycles. The molecule has 0 unspecified atom stereocenters. The monoisotopic (exact) mass is 427 g/mol. The minimum atomic E-state index is -0.219. The molecule has 2 aromatic carbocycles. The lowest BCUT2D eigenvalue weighted by Gasteiger charge is -2.16. The topological polar surface area (TPSA) is 64.1 Å². The summed E-state index contributed by atoms with van der Waals surface area (Å²) in [4.78, 5) is 13.3. The molecule has 5 nitrogen and oxygen atoms in total. The molecule has 0 spiro atoms. The molecule has 0 atom stereocenters. The smallest absolute Gasteiger partial charge is 0.248 e. The van der Waals surface area contributed by atoms with E-state index in [2.05, 4.69) is 15.5 Å². The van der Waals surface area contributed by atoms with E-state index in [9.17, 15) is 4.79 Å². The summed E-state index contributed by atoms with van der Waals surface area (Å²) in [6, 6.07) is 13.1. The van der Waals surface area contributed by atoms with Crippen LogP contribution in [-0.4, -0.2) is 22.7 Å². The van der Waals surface area contributed by atoms with E-state index in [1.807, 2.05) is 42.5 Å². The minimum absolute atomic E-state index is 0.219. The van der Waals surface area contributed by atoms with Crippen molar-refractivity contribution in [3.63, 3.8) is 0 Å². The lowest BCUT2D eigenvalue weighted by molar-refractivity contribution is -0.111. The van der Waals surface area contributed by atoms with Crippen molar-refractivity contribution in [2.75, 3.05) is 11.9 Å². The fourth-order valence-electron chi connectivity index (χ4n) is 2.58. The van der Waals surface area contributed by atoms with Gasteiger partial charge in [-0.15, -0.1) is 10.2 Å². The predicted octanol–water partition coefficient (Wildman–Crippen LogP) is 5.31. The molecule has 2 heterocycles. The second kappa shape index (κ2) is 8.60. The van der Waals surface area contributed by atoms with Gasteiger partial charge < -0.3 is 10.1 Å². The van der Waals surface area contributed by atoms with E-state index >= 15 is 0 Å². The fraction of sp³-hybridized carbons (Fsp3) is 0.0500. The third-order valence-electron chi connectivity index (χ3n) is 3.84. The first-order valence-electron chi connectivity index (χ1n) is 8.32. The second-order valence-electron chi connectivity index (χ2n) is 5.82.